The van der Waals surface area contributed by atoms with Crippen molar-refractivity contribution in [1.29, 1.82) is 0 Å². The van der Waals surface area contributed by atoms with Crippen molar-refractivity contribution in [2.75, 3.05) is 26.8 Å². The van der Waals surface area contributed by atoms with E-state index in [0.29, 0.717) is 6.61 Å². The molecule has 2 saturated heterocycles. The van der Waals surface area contributed by atoms with Crippen molar-refractivity contribution in [1.82, 2.24) is 4.90 Å². The molecule has 3 rings (SSSR count). The van der Waals surface area contributed by atoms with E-state index in [1.165, 1.54) is 5.56 Å². The third-order valence-corrected chi connectivity index (χ3v) is 4.80. The van der Waals surface area contributed by atoms with Gasteiger partial charge in [-0.15, -0.1) is 0 Å². The molecule has 0 aromatic heterocycles. The fourth-order valence-corrected chi connectivity index (χ4v) is 3.46. The van der Waals surface area contributed by atoms with Gasteiger partial charge in [0.1, 0.15) is 5.75 Å². The summed E-state index contributed by atoms with van der Waals surface area (Å²) in [5.41, 5.74) is 1.25. The van der Waals surface area contributed by atoms with Crippen LogP contribution >= 0.6 is 0 Å². The van der Waals surface area contributed by atoms with Crippen molar-refractivity contribution < 1.29 is 14.6 Å². The van der Waals surface area contributed by atoms with Crippen LogP contribution in [-0.4, -0.2) is 48.5 Å². The first kappa shape index (κ1) is 14.8. The number of rotatable bonds is 3. The number of aliphatic hydroxyl groups is 1. The molecule has 1 atom stereocenters. The predicted octanol–water partition coefficient (Wildman–Crippen LogP) is 2.20. The van der Waals surface area contributed by atoms with Gasteiger partial charge < -0.3 is 14.6 Å². The zero-order valence-electron chi connectivity index (χ0n) is 12.8. The first-order valence-electron chi connectivity index (χ1n) is 7.86. The van der Waals surface area contributed by atoms with Crippen LogP contribution in [0, 0.1) is 0 Å². The summed E-state index contributed by atoms with van der Waals surface area (Å²) >= 11 is 0. The molecule has 21 heavy (non-hydrogen) atoms. The van der Waals surface area contributed by atoms with Crippen LogP contribution in [0.15, 0.2) is 24.3 Å². The average molecular weight is 291 g/mol. The molecule has 4 nitrogen and oxygen atoms in total. The van der Waals surface area contributed by atoms with Crippen LogP contribution in [0.5, 0.6) is 5.75 Å². The minimum Gasteiger partial charge on any atom is -0.497 e. The summed E-state index contributed by atoms with van der Waals surface area (Å²) in [6.07, 6.45) is 3.48. The maximum Gasteiger partial charge on any atom is 0.118 e. The van der Waals surface area contributed by atoms with E-state index in [-0.39, 0.29) is 11.7 Å². The van der Waals surface area contributed by atoms with Crippen LogP contribution < -0.4 is 4.74 Å². The lowest BCUT2D eigenvalue weighted by atomic mass is 9.83. The number of likely N-dealkylation sites (tertiary alicyclic amines) is 1. The van der Waals surface area contributed by atoms with Crippen molar-refractivity contribution in [3.05, 3.63) is 29.8 Å². The van der Waals surface area contributed by atoms with Gasteiger partial charge in [0.15, 0.2) is 0 Å². The molecule has 2 heterocycles. The summed E-state index contributed by atoms with van der Waals surface area (Å²) < 4.78 is 11.2. The van der Waals surface area contributed by atoms with Crippen molar-refractivity contribution in [3.63, 3.8) is 0 Å². The first-order chi connectivity index (χ1) is 10.2. The third-order valence-electron chi connectivity index (χ3n) is 4.80. The van der Waals surface area contributed by atoms with E-state index in [4.69, 9.17) is 9.47 Å². The van der Waals surface area contributed by atoms with E-state index in [1.54, 1.807) is 7.11 Å². The molecular formula is C17H25NO3. The molecule has 4 heteroatoms. The van der Waals surface area contributed by atoms with Crippen LogP contribution in [0.3, 0.4) is 0 Å². The van der Waals surface area contributed by atoms with Crippen molar-refractivity contribution >= 4 is 0 Å². The van der Waals surface area contributed by atoms with Gasteiger partial charge in [-0.1, -0.05) is 12.1 Å². The Hall–Kier alpha value is -1.10. The molecule has 2 fully saturated rings. The van der Waals surface area contributed by atoms with E-state index in [0.717, 1.165) is 51.1 Å². The average Bonchev–Trinajstić information content (AvgIpc) is 2.51. The summed E-state index contributed by atoms with van der Waals surface area (Å²) in [4.78, 5) is 2.47. The van der Waals surface area contributed by atoms with Crippen LogP contribution in [0.2, 0.25) is 0 Å². The molecule has 0 amide bonds. The molecule has 1 aromatic carbocycles. The third kappa shape index (κ3) is 3.57. The lowest BCUT2D eigenvalue weighted by Gasteiger charge is -2.45. The molecule has 2 aliphatic rings. The van der Waals surface area contributed by atoms with Crippen LogP contribution in [0.4, 0.5) is 0 Å². The van der Waals surface area contributed by atoms with E-state index in [1.807, 2.05) is 12.1 Å². The summed E-state index contributed by atoms with van der Waals surface area (Å²) in [5, 5.41) is 9.87. The topological polar surface area (TPSA) is 41.9 Å². The fourth-order valence-electron chi connectivity index (χ4n) is 3.46. The highest BCUT2D eigenvalue weighted by Gasteiger charge is 2.39. The second kappa shape index (κ2) is 6.34. The molecule has 1 unspecified atom stereocenters. The number of piperidine rings is 1. The Balaban J connectivity index is 1.53. The molecule has 1 N–H and O–H groups in total. The maximum atomic E-state index is 9.87. The lowest BCUT2D eigenvalue weighted by Crippen LogP contribution is -2.50. The van der Waals surface area contributed by atoms with E-state index < -0.39 is 0 Å². The van der Waals surface area contributed by atoms with Crippen LogP contribution in [-0.2, 0) is 11.3 Å². The van der Waals surface area contributed by atoms with Gasteiger partial charge in [0, 0.05) is 32.7 Å². The zero-order chi connectivity index (χ0) is 14.7. The Labute approximate surface area is 126 Å². The SMILES string of the molecule is COc1ccc(CN2CCC3(CC2)CC(O)CCO3)cc1. The predicted molar refractivity (Wildman–Crippen MR) is 81.4 cm³/mol. The number of nitrogens with zero attached hydrogens (tertiary/aromatic N) is 1. The zero-order valence-corrected chi connectivity index (χ0v) is 12.8. The molecule has 116 valence electrons. The van der Waals surface area contributed by atoms with E-state index in [9.17, 15) is 5.11 Å². The molecule has 0 radical (unpaired) electrons. The normalized spacial score (nSPS) is 25.9. The molecule has 0 saturated carbocycles. The smallest absolute Gasteiger partial charge is 0.118 e. The minimum absolute atomic E-state index is 0.0614. The van der Waals surface area contributed by atoms with Crippen molar-refractivity contribution in [3.8, 4) is 5.75 Å². The van der Waals surface area contributed by atoms with Gasteiger partial charge in [0.05, 0.1) is 18.8 Å². The Morgan fingerprint density at radius 1 is 1.29 bits per heavy atom. The number of hydrogen-bond acceptors (Lipinski definition) is 4. The Bertz CT molecular complexity index is 452. The Morgan fingerprint density at radius 2 is 2.00 bits per heavy atom. The molecule has 1 aromatic rings. The number of methoxy groups -OCH3 is 1. The summed E-state index contributed by atoms with van der Waals surface area (Å²) in [5.74, 6) is 0.904. The second-order valence-electron chi connectivity index (χ2n) is 6.30. The number of ether oxygens (including phenoxy) is 2. The quantitative estimate of drug-likeness (QED) is 0.927. The van der Waals surface area contributed by atoms with E-state index >= 15 is 0 Å². The maximum absolute atomic E-state index is 9.87. The van der Waals surface area contributed by atoms with Gasteiger partial charge in [-0.3, -0.25) is 4.90 Å². The lowest BCUT2D eigenvalue weighted by molar-refractivity contribution is -0.143. The molecule has 0 bridgehead atoms. The molecule has 0 aliphatic carbocycles. The van der Waals surface area contributed by atoms with Crippen LogP contribution in [0.25, 0.3) is 0 Å². The van der Waals surface area contributed by atoms with Gasteiger partial charge in [0.25, 0.3) is 0 Å². The van der Waals surface area contributed by atoms with Gasteiger partial charge >= 0.3 is 0 Å². The first-order valence-corrected chi connectivity index (χ1v) is 7.86. The Kier molecular flexibility index (Phi) is 4.48. The van der Waals surface area contributed by atoms with Gasteiger partial charge in [-0.2, -0.15) is 0 Å². The standard InChI is InChI=1S/C17H25NO3/c1-20-16-4-2-14(3-5-16)13-18-9-7-17(8-10-18)12-15(19)6-11-21-17/h2-5,15,19H,6-13H2,1H3. The van der Waals surface area contributed by atoms with Gasteiger partial charge in [-0.05, 0) is 37.0 Å². The number of hydrogen-bond donors (Lipinski definition) is 1. The molecule has 1 spiro atoms. The summed E-state index contributed by atoms with van der Waals surface area (Å²) in [6, 6.07) is 8.29. The summed E-state index contributed by atoms with van der Waals surface area (Å²) in [7, 11) is 1.69. The van der Waals surface area contributed by atoms with Gasteiger partial charge in [-0.25, -0.2) is 0 Å². The molecular weight excluding hydrogens is 266 g/mol. The highest BCUT2D eigenvalue weighted by Crippen LogP contribution is 2.35. The van der Waals surface area contributed by atoms with Gasteiger partial charge in [0.2, 0.25) is 0 Å². The minimum atomic E-state index is -0.174. The van der Waals surface area contributed by atoms with Crippen molar-refractivity contribution in [2.24, 2.45) is 0 Å². The number of aliphatic hydroxyl groups excluding tert-OH is 1. The second-order valence-corrected chi connectivity index (χ2v) is 6.30. The monoisotopic (exact) mass is 291 g/mol. The number of benzene rings is 1. The highest BCUT2D eigenvalue weighted by molar-refractivity contribution is 5.27. The van der Waals surface area contributed by atoms with Crippen molar-refractivity contribution in [2.45, 2.75) is 43.9 Å². The molecule has 2 aliphatic heterocycles. The van der Waals surface area contributed by atoms with Crippen LogP contribution in [0.1, 0.15) is 31.2 Å². The largest absolute Gasteiger partial charge is 0.497 e. The fraction of sp³-hybridized carbons (Fsp3) is 0.647. The Morgan fingerprint density at radius 3 is 2.62 bits per heavy atom. The summed E-state index contributed by atoms with van der Waals surface area (Å²) in [6.45, 7) is 3.76. The van der Waals surface area contributed by atoms with E-state index in [2.05, 4.69) is 17.0 Å². The highest BCUT2D eigenvalue weighted by atomic mass is 16.5.